The topological polar surface area (TPSA) is 0 Å². The molecule has 0 amide bonds. The molecule has 11 unspecified atom stereocenters. The van der Waals surface area contributed by atoms with E-state index in [2.05, 4.69) is 69.2 Å². The Balaban J connectivity index is 1.33. The van der Waals surface area contributed by atoms with Crippen LogP contribution in [0.25, 0.3) is 0 Å². The van der Waals surface area contributed by atoms with Crippen LogP contribution < -0.4 is 0 Å². The third kappa shape index (κ3) is 9.74. The van der Waals surface area contributed by atoms with Crippen LogP contribution in [0.3, 0.4) is 0 Å². The molecule has 3 rings (SSSR count). The number of hydrogen-bond acceptors (Lipinski definition) is 0. The van der Waals surface area contributed by atoms with Gasteiger partial charge in [0.2, 0.25) is 0 Å². The van der Waals surface area contributed by atoms with Crippen LogP contribution in [-0.2, 0) is 0 Å². The minimum absolute atomic E-state index is 0.541. The van der Waals surface area contributed by atoms with Crippen molar-refractivity contribution in [1.29, 1.82) is 0 Å². The van der Waals surface area contributed by atoms with E-state index in [1.54, 1.807) is 32.1 Å². The first-order valence-corrected chi connectivity index (χ1v) is 19.5. The fourth-order valence-electron chi connectivity index (χ4n) is 9.99. The van der Waals surface area contributed by atoms with Gasteiger partial charge in [0.25, 0.3) is 0 Å². The third-order valence-corrected chi connectivity index (χ3v) is 14.1. The average molecular weight is 571 g/mol. The van der Waals surface area contributed by atoms with Gasteiger partial charge in [0.1, 0.15) is 0 Å². The molecule has 0 aromatic heterocycles. The Kier molecular flexibility index (Phi) is 14.1. The van der Waals surface area contributed by atoms with Gasteiger partial charge in [-0.1, -0.05) is 146 Å². The monoisotopic (exact) mass is 571 g/mol. The lowest BCUT2D eigenvalue weighted by Crippen LogP contribution is -2.38. The second-order valence-corrected chi connectivity index (χ2v) is 17.3. The average Bonchev–Trinajstić information content (AvgIpc) is 3.89. The summed E-state index contributed by atoms with van der Waals surface area (Å²) < 4.78 is 0. The number of unbranched alkanes of at least 4 members (excludes halogenated alkanes) is 5. The van der Waals surface area contributed by atoms with Gasteiger partial charge in [0.05, 0.1) is 0 Å². The summed E-state index contributed by atoms with van der Waals surface area (Å²) in [6, 6.07) is 0. The van der Waals surface area contributed by atoms with Crippen molar-refractivity contribution in [2.24, 2.45) is 70.0 Å². The Morgan fingerprint density at radius 3 is 1.93 bits per heavy atom. The van der Waals surface area contributed by atoms with E-state index < -0.39 is 0 Å². The second-order valence-electron chi connectivity index (χ2n) is 17.3. The molecule has 11 atom stereocenters. The van der Waals surface area contributed by atoms with Crippen LogP contribution in [0.1, 0.15) is 191 Å². The van der Waals surface area contributed by atoms with Crippen molar-refractivity contribution in [3.8, 4) is 0 Å². The Morgan fingerprint density at radius 1 is 0.659 bits per heavy atom. The lowest BCUT2D eigenvalue weighted by molar-refractivity contribution is 0.0311. The summed E-state index contributed by atoms with van der Waals surface area (Å²) in [6.07, 6.45) is 28.1. The van der Waals surface area contributed by atoms with E-state index in [0.29, 0.717) is 5.41 Å². The summed E-state index contributed by atoms with van der Waals surface area (Å²) in [7, 11) is 0. The molecule has 0 N–H and O–H groups in total. The molecular formula is C41H78. The summed E-state index contributed by atoms with van der Waals surface area (Å²) in [6.45, 7) is 25.0. The van der Waals surface area contributed by atoms with E-state index in [0.717, 1.165) is 64.6 Å². The maximum absolute atomic E-state index is 2.61. The van der Waals surface area contributed by atoms with E-state index in [1.807, 2.05) is 0 Å². The molecule has 0 bridgehead atoms. The quantitative estimate of drug-likeness (QED) is 0.101. The van der Waals surface area contributed by atoms with Crippen molar-refractivity contribution >= 4 is 0 Å². The van der Waals surface area contributed by atoms with Gasteiger partial charge >= 0.3 is 0 Å². The zero-order chi connectivity index (χ0) is 30.2. The van der Waals surface area contributed by atoms with Crippen LogP contribution in [0.5, 0.6) is 0 Å². The first-order chi connectivity index (χ1) is 19.5. The molecule has 0 heteroatoms. The zero-order valence-electron chi connectivity index (χ0n) is 30.2. The van der Waals surface area contributed by atoms with E-state index in [-0.39, 0.29) is 0 Å². The molecule has 3 aliphatic rings. The standard InChI is InChI=1S/C41H78/c1-11-14-15-17-21-33(8)26-37-28-41(37)29-39(41)38-27-36(38)25-32(7)20-18-16-19-23-40(30(4)5,24-22-31(6)12-2)35(10)34(9)13-3/h30-39H,11-29H2,1-10H3. The molecule has 1 spiro atoms. The van der Waals surface area contributed by atoms with Crippen molar-refractivity contribution in [1.82, 2.24) is 0 Å². The van der Waals surface area contributed by atoms with E-state index >= 15 is 0 Å². The largest absolute Gasteiger partial charge is 0.0654 e. The highest BCUT2D eigenvalue weighted by atomic mass is 14.8. The van der Waals surface area contributed by atoms with Gasteiger partial charge in [-0.2, -0.15) is 0 Å². The predicted octanol–water partition coefficient (Wildman–Crippen LogP) is 13.8. The molecule has 3 saturated carbocycles. The van der Waals surface area contributed by atoms with E-state index in [1.165, 1.54) is 89.9 Å². The Labute approximate surface area is 260 Å². The SMILES string of the molecule is CCCCCCC(C)CC1CC12CC2C1CC1CC(C)CCCCCC(CCC(C)CC)(C(C)C)C(C)C(C)CC. The van der Waals surface area contributed by atoms with Gasteiger partial charge in [-0.3, -0.25) is 0 Å². The summed E-state index contributed by atoms with van der Waals surface area (Å²) in [5.41, 5.74) is 1.42. The predicted molar refractivity (Wildman–Crippen MR) is 184 cm³/mol. The molecule has 242 valence electrons. The van der Waals surface area contributed by atoms with Crippen molar-refractivity contribution in [2.75, 3.05) is 0 Å². The molecule has 3 aliphatic carbocycles. The highest BCUT2D eigenvalue weighted by Gasteiger charge is 2.73. The van der Waals surface area contributed by atoms with Crippen LogP contribution >= 0.6 is 0 Å². The second kappa shape index (κ2) is 16.4. The van der Waals surface area contributed by atoms with Gasteiger partial charge in [-0.05, 0) is 115 Å². The van der Waals surface area contributed by atoms with Crippen LogP contribution in [0, 0.1) is 70.0 Å². The molecule has 3 fully saturated rings. The van der Waals surface area contributed by atoms with Crippen LogP contribution in [0.15, 0.2) is 0 Å². The fourth-order valence-corrected chi connectivity index (χ4v) is 9.99. The maximum Gasteiger partial charge on any atom is -0.0232 e. The molecule has 0 aromatic rings. The summed E-state index contributed by atoms with van der Waals surface area (Å²) in [5.74, 6) is 9.83. The summed E-state index contributed by atoms with van der Waals surface area (Å²) in [5, 5.41) is 0. The van der Waals surface area contributed by atoms with Gasteiger partial charge < -0.3 is 0 Å². The first kappa shape index (κ1) is 35.5. The van der Waals surface area contributed by atoms with Crippen molar-refractivity contribution in [2.45, 2.75) is 191 Å². The normalized spacial score (nSPS) is 32.0. The molecule has 0 radical (unpaired) electrons. The van der Waals surface area contributed by atoms with E-state index in [9.17, 15) is 0 Å². The lowest BCUT2D eigenvalue weighted by atomic mass is 9.59. The Bertz CT molecular complexity index is 722. The molecule has 0 heterocycles. The molecular weight excluding hydrogens is 492 g/mol. The third-order valence-electron chi connectivity index (χ3n) is 14.1. The number of hydrogen-bond donors (Lipinski definition) is 0. The molecule has 0 nitrogen and oxygen atoms in total. The van der Waals surface area contributed by atoms with Crippen LogP contribution in [-0.4, -0.2) is 0 Å². The fraction of sp³-hybridized carbons (Fsp3) is 1.00. The first-order valence-electron chi connectivity index (χ1n) is 19.5. The van der Waals surface area contributed by atoms with Crippen LogP contribution in [0.2, 0.25) is 0 Å². The Hall–Kier alpha value is 0. The summed E-state index contributed by atoms with van der Waals surface area (Å²) >= 11 is 0. The Morgan fingerprint density at radius 2 is 1.32 bits per heavy atom. The highest BCUT2D eigenvalue weighted by Crippen LogP contribution is 2.81. The van der Waals surface area contributed by atoms with E-state index in [4.69, 9.17) is 0 Å². The van der Waals surface area contributed by atoms with Crippen LogP contribution in [0.4, 0.5) is 0 Å². The van der Waals surface area contributed by atoms with Gasteiger partial charge in [-0.15, -0.1) is 0 Å². The molecule has 0 aliphatic heterocycles. The van der Waals surface area contributed by atoms with Crippen molar-refractivity contribution < 1.29 is 0 Å². The highest BCUT2D eigenvalue weighted by molar-refractivity contribution is 5.22. The van der Waals surface area contributed by atoms with Gasteiger partial charge in [0, 0.05) is 0 Å². The van der Waals surface area contributed by atoms with Crippen molar-refractivity contribution in [3.63, 3.8) is 0 Å². The molecule has 0 saturated heterocycles. The summed E-state index contributed by atoms with van der Waals surface area (Å²) in [4.78, 5) is 0. The lowest BCUT2D eigenvalue weighted by Gasteiger charge is -2.46. The minimum Gasteiger partial charge on any atom is -0.0654 e. The number of rotatable bonds is 24. The molecule has 41 heavy (non-hydrogen) atoms. The van der Waals surface area contributed by atoms with Gasteiger partial charge in [-0.25, -0.2) is 0 Å². The molecule has 0 aromatic carbocycles. The minimum atomic E-state index is 0.541. The van der Waals surface area contributed by atoms with Crippen molar-refractivity contribution in [3.05, 3.63) is 0 Å². The smallest absolute Gasteiger partial charge is 0.0232 e. The maximum atomic E-state index is 2.61. The zero-order valence-corrected chi connectivity index (χ0v) is 30.2. The van der Waals surface area contributed by atoms with Gasteiger partial charge in [0.15, 0.2) is 0 Å².